The first-order valence-electron chi connectivity index (χ1n) is 20.8. The highest BCUT2D eigenvalue weighted by atomic mass is 15.1. The molecule has 0 unspecified atom stereocenters. The molecule has 0 saturated carbocycles. The van der Waals surface area contributed by atoms with E-state index >= 15 is 0 Å². The lowest BCUT2D eigenvalue weighted by Crippen LogP contribution is -2.32. The van der Waals surface area contributed by atoms with Gasteiger partial charge in [0.15, 0.2) is 11.0 Å². The molecule has 2 aromatic rings. The predicted molar refractivity (Wildman–Crippen MR) is 201 cm³/mol. The van der Waals surface area contributed by atoms with Crippen molar-refractivity contribution in [3.8, 4) is 0 Å². The van der Waals surface area contributed by atoms with E-state index in [1.807, 2.05) is 0 Å². The lowest BCUT2D eigenvalue weighted by molar-refractivity contribution is -0.672. The number of unbranched alkanes of at least 4 members (excludes halogenated alkanes) is 30. The second-order valence-corrected chi connectivity index (χ2v) is 14.6. The number of imidazole rings is 1. The van der Waals surface area contributed by atoms with E-state index in [0.717, 1.165) is 0 Å². The van der Waals surface area contributed by atoms with Crippen LogP contribution in [0.2, 0.25) is 0 Å². The molecule has 0 saturated heterocycles. The molecule has 0 aliphatic rings. The van der Waals surface area contributed by atoms with Crippen molar-refractivity contribution < 1.29 is 4.57 Å². The van der Waals surface area contributed by atoms with Gasteiger partial charge in [-0.2, -0.15) is 0 Å². The molecule has 2 nitrogen and oxygen atoms in total. The molecule has 1 heterocycles. The maximum Gasteiger partial charge on any atom is 0.244 e. The van der Waals surface area contributed by atoms with Crippen LogP contribution in [-0.4, -0.2) is 4.57 Å². The molecule has 0 aliphatic heterocycles. The fraction of sp³-hybridized carbons (Fsp3) is 0.837. The van der Waals surface area contributed by atoms with E-state index in [9.17, 15) is 0 Å². The Kier molecular flexibility index (Phi) is 26.6. The average molecular weight is 624 g/mol. The molecule has 260 valence electrons. The SMILES string of the molecule is CCCCCCCCCCCCCCCCCCn1c[n+](CCCCCCCCCCCCCCCCCC)c2ccccc21. The smallest absolute Gasteiger partial charge is 0.230 e. The summed E-state index contributed by atoms with van der Waals surface area (Å²) in [7, 11) is 0. The molecule has 0 N–H and O–H groups in total. The topological polar surface area (TPSA) is 8.81 Å². The quantitative estimate of drug-likeness (QED) is 0.0541. The number of hydrogen-bond donors (Lipinski definition) is 0. The van der Waals surface area contributed by atoms with E-state index < -0.39 is 0 Å². The second-order valence-electron chi connectivity index (χ2n) is 14.6. The van der Waals surface area contributed by atoms with Crippen LogP contribution in [-0.2, 0) is 13.1 Å². The molecular formula is C43H79N2+. The summed E-state index contributed by atoms with van der Waals surface area (Å²) in [6.07, 6.45) is 48.4. The summed E-state index contributed by atoms with van der Waals surface area (Å²) in [5.74, 6) is 0. The van der Waals surface area contributed by atoms with E-state index in [1.165, 1.54) is 230 Å². The van der Waals surface area contributed by atoms with Gasteiger partial charge in [0, 0.05) is 0 Å². The Labute approximate surface area is 282 Å². The number of rotatable bonds is 34. The normalized spacial score (nSPS) is 11.7. The number of benzene rings is 1. The van der Waals surface area contributed by atoms with Crippen molar-refractivity contribution in [1.29, 1.82) is 0 Å². The average Bonchev–Trinajstić information content (AvgIpc) is 3.41. The van der Waals surface area contributed by atoms with Crippen molar-refractivity contribution in [1.82, 2.24) is 4.57 Å². The van der Waals surface area contributed by atoms with E-state index in [0.29, 0.717) is 0 Å². The van der Waals surface area contributed by atoms with Gasteiger partial charge in [0.2, 0.25) is 6.33 Å². The molecule has 2 heteroatoms. The molecule has 45 heavy (non-hydrogen) atoms. The summed E-state index contributed by atoms with van der Waals surface area (Å²) in [6, 6.07) is 9.08. The van der Waals surface area contributed by atoms with Crippen molar-refractivity contribution in [3.63, 3.8) is 0 Å². The van der Waals surface area contributed by atoms with E-state index in [1.54, 1.807) is 0 Å². The fourth-order valence-electron chi connectivity index (χ4n) is 7.26. The molecular weight excluding hydrogens is 544 g/mol. The molecule has 2 rings (SSSR count). The van der Waals surface area contributed by atoms with Crippen LogP contribution in [0.4, 0.5) is 0 Å². The zero-order valence-electron chi connectivity index (χ0n) is 30.8. The van der Waals surface area contributed by atoms with E-state index in [2.05, 4.69) is 53.6 Å². The van der Waals surface area contributed by atoms with Gasteiger partial charge in [0.25, 0.3) is 0 Å². The zero-order valence-corrected chi connectivity index (χ0v) is 30.8. The number of para-hydroxylation sites is 2. The third kappa shape index (κ3) is 21.2. The van der Waals surface area contributed by atoms with Gasteiger partial charge < -0.3 is 0 Å². The summed E-state index contributed by atoms with van der Waals surface area (Å²) in [5.41, 5.74) is 2.85. The standard InChI is InChI=1S/C43H79N2/c1-3-5-7-9-11-13-15-17-19-21-23-25-27-29-31-35-39-44-41-45(43-38-34-33-37-42(43)44)40-36-32-30-28-26-24-22-20-18-16-14-12-10-8-6-4-2/h33-34,37-38,41H,3-32,35-36,39-40H2,1-2H3/q+1. The minimum Gasteiger partial charge on any atom is -0.230 e. The van der Waals surface area contributed by atoms with Crippen LogP contribution in [0.3, 0.4) is 0 Å². The third-order valence-corrected chi connectivity index (χ3v) is 10.3. The maximum absolute atomic E-state index is 2.53. The molecule has 0 radical (unpaired) electrons. The third-order valence-electron chi connectivity index (χ3n) is 10.3. The van der Waals surface area contributed by atoms with Gasteiger partial charge in [-0.05, 0) is 37.8 Å². The van der Waals surface area contributed by atoms with Gasteiger partial charge in [0.1, 0.15) is 0 Å². The number of fused-ring (bicyclic) bond motifs is 1. The second kappa shape index (κ2) is 30.1. The number of aryl methyl sites for hydroxylation is 2. The van der Waals surface area contributed by atoms with Crippen LogP contribution in [0.5, 0.6) is 0 Å². The highest BCUT2D eigenvalue weighted by molar-refractivity contribution is 5.71. The first-order valence-corrected chi connectivity index (χ1v) is 20.8. The Morgan fingerprint density at radius 2 is 0.733 bits per heavy atom. The number of aromatic nitrogens is 2. The van der Waals surface area contributed by atoms with Crippen LogP contribution in [0.1, 0.15) is 219 Å². The minimum absolute atomic E-state index is 1.17. The van der Waals surface area contributed by atoms with Crippen LogP contribution >= 0.6 is 0 Å². The maximum atomic E-state index is 2.53. The summed E-state index contributed by atoms with van der Waals surface area (Å²) >= 11 is 0. The van der Waals surface area contributed by atoms with Gasteiger partial charge in [-0.1, -0.05) is 206 Å². The molecule has 0 atom stereocenters. The van der Waals surface area contributed by atoms with Crippen LogP contribution in [0, 0.1) is 0 Å². The number of hydrogen-bond acceptors (Lipinski definition) is 0. The first kappa shape index (κ1) is 39.9. The highest BCUT2D eigenvalue weighted by Crippen LogP contribution is 2.17. The van der Waals surface area contributed by atoms with Crippen molar-refractivity contribution in [3.05, 3.63) is 30.6 Å². The Bertz CT molecular complexity index is 813. The van der Waals surface area contributed by atoms with Crippen molar-refractivity contribution in [2.75, 3.05) is 0 Å². The Hall–Kier alpha value is -1.31. The van der Waals surface area contributed by atoms with Crippen molar-refractivity contribution in [2.45, 2.75) is 232 Å². The summed E-state index contributed by atoms with van der Waals surface area (Å²) < 4.78 is 5.07. The van der Waals surface area contributed by atoms with Crippen molar-refractivity contribution in [2.24, 2.45) is 0 Å². The molecule has 1 aromatic heterocycles. The molecule has 0 amide bonds. The van der Waals surface area contributed by atoms with Gasteiger partial charge in [-0.15, -0.1) is 0 Å². The Morgan fingerprint density at radius 1 is 0.400 bits per heavy atom. The molecule has 0 fully saturated rings. The molecule has 0 bridgehead atoms. The predicted octanol–water partition coefficient (Wildman–Crippen LogP) is 14.5. The van der Waals surface area contributed by atoms with Crippen molar-refractivity contribution >= 4 is 11.0 Å². The fourth-order valence-corrected chi connectivity index (χ4v) is 7.26. The lowest BCUT2D eigenvalue weighted by Gasteiger charge is -2.03. The Balaban J connectivity index is 1.43. The first-order chi connectivity index (χ1) is 22.4. The largest absolute Gasteiger partial charge is 0.244 e. The van der Waals surface area contributed by atoms with E-state index in [-0.39, 0.29) is 0 Å². The van der Waals surface area contributed by atoms with Crippen LogP contribution < -0.4 is 4.57 Å². The van der Waals surface area contributed by atoms with Crippen LogP contribution in [0.15, 0.2) is 30.6 Å². The zero-order chi connectivity index (χ0) is 31.9. The summed E-state index contributed by atoms with van der Waals surface area (Å²) in [5, 5.41) is 0. The monoisotopic (exact) mass is 624 g/mol. The van der Waals surface area contributed by atoms with Gasteiger partial charge in [-0.3, -0.25) is 0 Å². The highest BCUT2D eigenvalue weighted by Gasteiger charge is 2.14. The van der Waals surface area contributed by atoms with Gasteiger partial charge in [-0.25, -0.2) is 9.13 Å². The van der Waals surface area contributed by atoms with E-state index in [4.69, 9.17) is 0 Å². The molecule has 0 spiro atoms. The summed E-state index contributed by atoms with van der Waals surface area (Å²) in [4.78, 5) is 0. The van der Waals surface area contributed by atoms with Gasteiger partial charge in [0.05, 0.1) is 13.1 Å². The minimum atomic E-state index is 1.17. The Morgan fingerprint density at radius 3 is 1.13 bits per heavy atom. The summed E-state index contributed by atoms with van der Waals surface area (Å²) in [6.45, 7) is 6.96. The number of nitrogens with zero attached hydrogens (tertiary/aromatic N) is 2. The molecule has 0 aliphatic carbocycles. The molecule has 1 aromatic carbocycles. The lowest BCUT2D eigenvalue weighted by atomic mass is 10.0. The van der Waals surface area contributed by atoms with Gasteiger partial charge >= 0.3 is 0 Å². The van der Waals surface area contributed by atoms with Crippen LogP contribution in [0.25, 0.3) is 11.0 Å².